The third-order valence-corrected chi connectivity index (χ3v) is 3.11. The zero-order chi connectivity index (χ0) is 11.5. The topological polar surface area (TPSA) is 29.3 Å². The molecule has 0 atom stereocenters. The molecule has 0 aromatic carbocycles. The fourth-order valence-electron chi connectivity index (χ4n) is 2.03. The average Bonchev–Trinajstić information content (AvgIpc) is 2.14. The highest BCUT2D eigenvalue weighted by atomic mass is 19.4. The smallest absolute Gasteiger partial charge is 0.328 e. The Morgan fingerprint density at radius 1 is 1.20 bits per heavy atom. The normalized spacial score (nSPS) is 28.4. The van der Waals surface area contributed by atoms with Crippen molar-refractivity contribution in [2.24, 2.45) is 5.73 Å². The molecule has 2 nitrogen and oxygen atoms in total. The first-order valence-electron chi connectivity index (χ1n) is 5.41. The molecule has 2 N–H and O–H groups in total. The van der Waals surface area contributed by atoms with E-state index in [4.69, 9.17) is 5.73 Å². The molecule has 0 aliphatic heterocycles. The van der Waals surface area contributed by atoms with Gasteiger partial charge in [0.15, 0.2) is 0 Å². The summed E-state index contributed by atoms with van der Waals surface area (Å²) in [7, 11) is 1.77. The lowest BCUT2D eigenvalue weighted by molar-refractivity contribution is -0.138. The van der Waals surface area contributed by atoms with Crippen LogP contribution >= 0.6 is 0 Å². The zero-order valence-corrected chi connectivity index (χ0v) is 9.06. The van der Waals surface area contributed by atoms with Gasteiger partial charge < -0.3 is 10.6 Å². The maximum atomic E-state index is 12.0. The number of nitrogens with zero attached hydrogens (tertiary/aromatic N) is 1. The minimum Gasteiger partial charge on any atom is -0.328 e. The van der Waals surface area contributed by atoms with Gasteiger partial charge >= 0.3 is 6.18 Å². The van der Waals surface area contributed by atoms with Crippen LogP contribution in [0, 0.1) is 0 Å². The van der Waals surface area contributed by atoms with Crippen LogP contribution in [-0.2, 0) is 0 Å². The summed E-state index contributed by atoms with van der Waals surface area (Å²) in [6, 6.07) is 0.532. The molecule has 1 saturated carbocycles. The fraction of sp³-hybridized carbons (Fsp3) is 1.00. The molecule has 1 fully saturated rings. The van der Waals surface area contributed by atoms with E-state index in [2.05, 4.69) is 0 Å². The molecule has 0 radical (unpaired) electrons. The average molecular weight is 224 g/mol. The molecule has 0 heterocycles. The van der Waals surface area contributed by atoms with Crippen LogP contribution in [-0.4, -0.2) is 36.8 Å². The van der Waals surface area contributed by atoms with E-state index in [9.17, 15) is 13.2 Å². The van der Waals surface area contributed by atoms with Crippen LogP contribution in [0.1, 0.15) is 32.1 Å². The number of hydrogen-bond acceptors (Lipinski definition) is 2. The van der Waals surface area contributed by atoms with Gasteiger partial charge in [0.2, 0.25) is 0 Å². The summed E-state index contributed by atoms with van der Waals surface area (Å²) in [6.45, 7) is 0.101. The van der Waals surface area contributed by atoms with E-state index in [0.29, 0.717) is 0 Å². The van der Waals surface area contributed by atoms with Crippen LogP contribution in [0.2, 0.25) is 0 Å². The van der Waals surface area contributed by atoms with Gasteiger partial charge in [-0.05, 0) is 32.7 Å². The molecule has 0 spiro atoms. The quantitative estimate of drug-likeness (QED) is 0.795. The van der Waals surface area contributed by atoms with E-state index in [1.807, 2.05) is 4.90 Å². The monoisotopic (exact) mass is 224 g/mol. The van der Waals surface area contributed by atoms with Crippen LogP contribution in [0.4, 0.5) is 13.2 Å². The molecule has 1 aliphatic rings. The molecule has 0 aromatic heterocycles. The van der Waals surface area contributed by atoms with Crippen LogP contribution in [0.15, 0.2) is 0 Å². The summed E-state index contributed by atoms with van der Waals surface area (Å²) in [5, 5.41) is 0. The first-order valence-corrected chi connectivity index (χ1v) is 5.41. The molecule has 1 rings (SSSR count). The number of rotatable bonds is 3. The number of hydrogen-bond donors (Lipinski definition) is 1. The third kappa shape index (κ3) is 4.84. The summed E-state index contributed by atoms with van der Waals surface area (Å²) < 4.78 is 36.0. The summed E-state index contributed by atoms with van der Waals surface area (Å²) >= 11 is 0. The molecule has 0 amide bonds. The van der Waals surface area contributed by atoms with Crippen molar-refractivity contribution in [2.75, 3.05) is 13.6 Å². The lowest BCUT2D eigenvalue weighted by Gasteiger charge is -2.33. The van der Waals surface area contributed by atoms with Gasteiger partial charge in [-0.25, -0.2) is 0 Å². The molecule has 5 heteroatoms. The summed E-state index contributed by atoms with van der Waals surface area (Å²) in [6.07, 6.45) is -1.04. The Morgan fingerprint density at radius 2 is 1.73 bits per heavy atom. The van der Waals surface area contributed by atoms with Crippen molar-refractivity contribution in [1.29, 1.82) is 0 Å². The zero-order valence-electron chi connectivity index (χ0n) is 9.06. The predicted molar refractivity (Wildman–Crippen MR) is 53.5 cm³/mol. The Labute approximate surface area is 88.6 Å². The maximum absolute atomic E-state index is 12.0. The number of halogens is 3. The molecule has 0 bridgehead atoms. The molecule has 15 heavy (non-hydrogen) atoms. The Kier molecular flexibility index (Phi) is 4.40. The van der Waals surface area contributed by atoms with Crippen LogP contribution < -0.4 is 5.73 Å². The number of nitrogens with two attached hydrogens (primary N) is 1. The highest BCUT2D eigenvalue weighted by Gasteiger charge is 2.29. The van der Waals surface area contributed by atoms with E-state index in [1.165, 1.54) is 0 Å². The summed E-state index contributed by atoms with van der Waals surface area (Å²) in [4.78, 5) is 1.82. The molecular formula is C10H19F3N2. The van der Waals surface area contributed by atoms with Gasteiger partial charge in [-0.15, -0.1) is 0 Å². The fourth-order valence-corrected chi connectivity index (χ4v) is 2.03. The van der Waals surface area contributed by atoms with E-state index < -0.39 is 12.6 Å². The second-order valence-corrected chi connectivity index (χ2v) is 4.41. The molecular weight excluding hydrogens is 205 g/mol. The second-order valence-electron chi connectivity index (χ2n) is 4.41. The largest absolute Gasteiger partial charge is 0.390 e. The van der Waals surface area contributed by atoms with Gasteiger partial charge in [-0.3, -0.25) is 0 Å². The molecule has 0 aromatic rings. The lowest BCUT2D eigenvalue weighted by atomic mass is 9.91. The van der Waals surface area contributed by atoms with Crippen molar-refractivity contribution in [2.45, 2.75) is 50.4 Å². The van der Waals surface area contributed by atoms with Crippen molar-refractivity contribution in [1.82, 2.24) is 4.90 Å². The van der Waals surface area contributed by atoms with Gasteiger partial charge in [0.1, 0.15) is 0 Å². The van der Waals surface area contributed by atoms with E-state index >= 15 is 0 Å². The summed E-state index contributed by atoms with van der Waals surface area (Å²) in [5.74, 6) is 0. The Morgan fingerprint density at radius 3 is 2.20 bits per heavy atom. The highest BCUT2D eigenvalue weighted by Crippen LogP contribution is 2.24. The molecule has 90 valence electrons. The minimum absolute atomic E-state index is 0.101. The predicted octanol–water partition coefficient (Wildman–Crippen LogP) is 2.14. The lowest BCUT2D eigenvalue weighted by Crippen LogP contribution is -2.40. The Bertz CT molecular complexity index is 186. The first-order chi connectivity index (χ1) is 6.88. The van der Waals surface area contributed by atoms with Crippen LogP contribution in [0.25, 0.3) is 0 Å². The van der Waals surface area contributed by atoms with Gasteiger partial charge in [-0.2, -0.15) is 13.2 Å². The summed E-state index contributed by atoms with van der Waals surface area (Å²) in [5.41, 5.74) is 5.74. The molecule has 0 saturated heterocycles. The van der Waals surface area contributed by atoms with Gasteiger partial charge in [-0.1, -0.05) is 0 Å². The van der Waals surface area contributed by atoms with Crippen molar-refractivity contribution in [3.63, 3.8) is 0 Å². The van der Waals surface area contributed by atoms with Crippen LogP contribution in [0.3, 0.4) is 0 Å². The SMILES string of the molecule is CN(CCC(F)(F)F)C1CCC(N)CC1. The molecule has 1 aliphatic carbocycles. The van der Waals surface area contributed by atoms with Crippen molar-refractivity contribution in [3.8, 4) is 0 Å². The number of alkyl halides is 3. The van der Waals surface area contributed by atoms with E-state index in [-0.39, 0.29) is 18.6 Å². The molecule has 0 unspecified atom stereocenters. The first kappa shape index (κ1) is 12.8. The Hall–Kier alpha value is -0.290. The van der Waals surface area contributed by atoms with E-state index in [0.717, 1.165) is 25.7 Å². The van der Waals surface area contributed by atoms with Crippen molar-refractivity contribution >= 4 is 0 Å². The standard InChI is InChI=1S/C10H19F3N2/c1-15(7-6-10(11,12)13)9-4-2-8(14)3-5-9/h8-9H,2-7,14H2,1H3. The Balaban J connectivity index is 2.25. The van der Waals surface area contributed by atoms with Crippen LogP contribution in [0.5, 0.6) is 0 Å². The minimum atomic E-state index is -4.04. The second kappa shape index (κ2) is 5.16. The maximum Gasteiger partial charge on any atom is 0.390 e. The highest BCUT2D eigenvalue weighted by molar-refractivity contribution is 4.79. The van der Waals surface area contributed by atoms with E-state index in [1.54, 1.807) is 7.05 Å². The van der Waals surface area contributed by atoms with Gasteiger partial charge in [0, 0.05) is 18.6 Å². The van der Waals surface area contributed by atoms with Crippen molar-refractivity contribution < 1.29 is 13.2 Å². The van der Waals surface area contributed by atoms with Gasteiger partial charge in [0.05, 0.1) is 6.42 Å². The van der Waals surface area contributed by atoms with Gasteiger partial charge in [0.25, 0.3) is 0 Å². The third-order valence-electron chi connectivity index (χ3n) is 3.11. The van der Waals surface area contributed by atoms with Crippen molar-refractivity contribution in [3.05, 3.63) is 0 Å².